The zero-order valence-corrected chi connectivity index (χ0v) is 12.5. The molecule has 120 valence electrons. The van der Waals surface area contributed by atoms with Crippen molar-refractivity contribution in [3.05, 3.63) is 30.2 Å². The lowest BCUT2D eigenvalue weighted by Gasteiger charge is -2.31. The first kappa shape index (κ1) is 16.3. The molecule has 0 spiro atoms. The number of aliphatic hydroxyl groups is 1. The van der Waals surface area contributed by atoms with Gasteiger partial charge in [-0.25, -0.2) is 0 Å². The summed E-state index contributed by atoms with van der Waals surface area (Å²) in [4.78, 5) is 25.4. The fourth-order valence-electron chi connectivity index (χ4n) is 2.49. The normalized spacial score (nSPS) is 18.6. The average molecular weight is 306 g/mol. The van der Waals surface area contributed by atoms with Crippen LogP contribution in [-0.4, -0.2) is 48.1 Å². The van der Waals surface area contributed by atoms with Crippen LogP contribution >= 0.6 is 0 Å². The summed E-state index contributed by atoms with van der Waals surface area (Å²) in [5.41, 5.74) is 0. The monoisotopic (exact) mass is 306 g/mol. The number of hydrogen-bond donors (Lipinski definition) is 2. The van der Waals surface area contributed by atoms with E-state index in [1.807, 2.05) is 0 Å². The number of nitrogens with zero attached hydrogens (tertiary/aromatic N) is 1. The number of furan rings is 1. The van der Waals surface area contributed by atoms with Gasteiger partial charge < -0.3 is 19.7 Å². The molecule has 1 unspecified atom stereocenters. The molecule has 2 N–H and O–H groups in total. The molecule has 6 nitrogen and oxygen atoms in total. The Balaban J connectivity index is 1.67. The quantitative estimate of drug-likeness (QED) is 0.769. The van der Waals surface area contributed by atoms with Crippen LogP contribution in [0.3, 0.4) is 0 Å². The Morgan fingerprint density at radius 1 is 1.50 bits per heavy atom. The third-order valence-electron chi connectivity index (χ3n) is 3.71. The summed E-state index contributed by atoms with van der Waals surface area (Å²) in [5, 5.41) is 11.8. The Labute approximate surface area is 129 Å². The molecule has 1 fully saturated rings. The van der Waals surface area contributed by atoms with E-state index in [1.54, 1.807) is 23.1 Å². The minimum absolute atomic E-state index is 0.0217. The third-order valence-corrected chi connectivity index (χ3v) is 3.71. The molecule has 2 amide bonds. The van der Waals surface area contributed by atoms with Crippen LogP contribution in [-0.2, 0) is 9.59 Å². The van der Waals surface area contributed by atoms with Crippen LogP contribution in [0.15, 0.2) is 28.9 Å². The summed E-state index contributed by atoms with van der Waals surface area (Å²) in [7, 11) is 0. The molecule has 0 aliphatic carbocycles. The largest absolute Gasteiger partial charge is 0.465 e. The topological polar surface area (TPSA) is 82.8 Å². The number of hydrogen-bond acceptors (Lipinski definition) is 4. The fraction of sp³-hybridized carbons (Fsp3) is 0.500. The summed E-state index contributed by atoms with van der Waals surface area (Å²) < 4.78 is 5.08. The van der Waals surface area contributed by atoms with Crippen molar-refractivity contribution >= 4 is 17.9 Å². The maximum atomic E-state index is 12.0. The highest BCUT2D eigenvalue weighted by atomic mass is 16.3. The number of carbonyl (C=O) groups excluding carboxylic acids is 2. The number of piperidine rings is 1. The minimum Gasteiger partial charge on any atom is -0.465 e. The van der Waals surface area contributed by atoms with Gasteiger partial charge in [-0.3, -0.25) is 9.59 Å². The van der Waals surface area contributed by atoms with Crippen molar-refractivity contribution in [3.8, 4) is 0 Å². The highest BCUT2D eigenvalue weighted by molar-refractivity contribution is 5.91. The van der Waals surface area contributed by atoms with Crippen molar-refractivity contribution in [1.82, 2.24) is 10.2 Å². The molecule has 1 atom stereocenters. The number of carbonyl (C=O) groups is 2. The van der Waals surface area contributed by atoms with E-state index in [1.165, 1.54) is 12.3 Å². The van der Waals surface area contributed by atoms with Crippen LogP contribution in [0.2, 0.25) is 0 Å². The predicted octanol–water partition coefficient (Wildman–Crippen LogP) is 1.03. The standard InChI is InChI=1S/C16H22N2O4/c19-12-13-3-1-9-18(11-13)16(21)7-8-17-15(20)6-5-14-4-2-10-22-14/h2,4-6,10,13,19H,1,3,7-9,11-12H2,(H,17,20)/b6-5+. The van der Waals surface area contributed by atoms with E-state index in [4.69, 9.17) is 9.52 Å². The first-order valence-electron chi connectivity index (χ1n) is 7.57. The summed E-state index contributed by atoms with van der Waals surface area (Å²) in [6.07, 6.45) is 6.66. The molecule has 0 bridgehead atoms. The van der Waals surface area contributed by atoms with Crippen molar-refractivity contribution in [2.24, 2.45) is 5.92 Å². The summed E-state index contributed by atoms with van der Waals surface area (Å²) in [6.45, 7) is 1.78. The maximum Gasteiger partial charge on any atom is 0.244 e. The molecule has 0 aromatic carbocycles. The lowest BCUT2D eigenvalue weighted by molar-refractivity contribution is -0.133. The Hall–Kier alpha value is -2.08. The van der Waals surface area contributed by atoms with Crippen LogP contribution in [0.5, 0.6) is 0 Å². The second kappa shape index (κ2) is 8.38. The van der Waals surface area contributed by atoms with Gasteiger partial charge >= 0.3 is 0 Å². The van der Waals surface area contributed by atoms with Crippen molar-refractivity contribution in [2.45, 2.75) is 19.3 Å². The van der Waals surface area contributed by atoms with Gasteiger partial charge in [-0.1, -0.05) is 0 Å². The zero-order chi connectivity index (χ0) is 15.8. The van der Waals surface area contributed by atoms with Gasteiger partial charge in [-0.05, 0) is 37.0 Å². The Bertz CT molecular complexity index is 510. The van der Waals surface area contributed by atoms with E-state index in [2.05, 4.69) is 5.32 Å². The molecule has 6 heteroatoms. The number of aliphatic hydroxyl groups excluding tert-OH is 1. The first-order valence-corrected chi connectivity index (χ1v) is 7.57. The molecular formula is C16H22N2O4. The number of likely N-dealkylation sites (tertiary alicyclic amines) is 1. The van der Waals surface area contributed by atoms with Crippen LogP contribution in [0.4, 0.5) is 0 Å². The molecule has 0 saturated carbocycles. The van der Waals surface area contributed by atoms with Crippen molar-refractivity contribution in [3.63, 3.8) is 0 Å². The van der Waals surface area contributed by atoms with Crippen molar-refractivity contribution in [1.29, 1.82) is 0 Å². The lowest BCUT2D eigenvalue weighted by Crippen LogP contribution is -2.42. The second-order valence-electron chi connectivity index (χ2n) is 5.42. The van der Waals surface area contributed by atoms with Gasteiger partial charge in [0.2, 0.25) is 11.8 Å². The van der Waals surface area contributed by atoms with Gasteiger partial charge in [-0.15, -0.1) is 0 Å². The van der Waals surface area contributed by atoms with Crippen molar-refractivity contribution in [2.75, 3.05) is 26.2 Å². The van der Waals surface area contributed by atoms with Gasteiger partial charge in [0.1, 0.15) is 5.76 Å². The van der Waals surface area contributed by atoms with E-state index in [9.17, 15) is 9.59 Å². The predicted molar refractivity (Wildman–Crippen MR) is 81.8 cm³/mol. The molecule has 2 heterocycles. The highest BCUT2D eigenvalue weighted by Gasteiger charge is 2.22. The smallest absolute Gasteiger partial charge is 0.244 e. The highest BCUT2D eigenvalue weighted by Crippen LogP contribution is 2.16. The SMILES string of the molecule is O=C(/C=C/c1ccco1)NCCC(=O)N1CCCC(CO)C1. The second-order valence-corrected chi connectivity index (χ2v) is 5.42. The van der Waals surface area contributed by atoms with E-state index in [-0.39, 0.29) is 30.8 Å². The van der Waals surface area contributed by atoms with Crippen LogP contribution in [0.25, 0.3) is 6.08 Å². The van der Waals surface area contributed by atoms with Gasteiger partial charge in [0.15, 0.2) is 0 Å². The number of rotatable bonds is 6. The van der Waals surface area contributed by atoms with E-state index >= 15 is 0 Å². The Morgan fingerprint density at radius 2 is 2.36 bits per heavy atom. The molecule has 1 aliphatic rings. The van der Waals surface area contributed by atoms with Crippen LogP contribution in [0, 0.1) is 5.92 Å². The Kier molecular flexibility index (Phi) is 6.21. The summed E-state index contributed by atoms with van der Waals surface area (Å²) >= 11 is 0. The van der Waals surface area contributed by atoms with Gasteiger partial charge in [-0.2, -0.15) is 0 Å². The van der Waals surface area contributed by atoms with Crippen molar-refractivity contribution < 1.29 is 19.1 Å². The summed E-state index contributed by atoms with van der Waals surface area (Å²) in [6, 6.07) is 3.50. The fourth-order valence-corrected chi connectivity index (χ4v) is 2.49. The number of amides is 2. The van der Waals surface area contributed by atoms with Crippen LogP contribution in [0.1, 0.15) is 25.0 Å². The Morgan fingerprint density at radius 3 is 3.09 bits per heavy atom. The average Bonchev–Trinajstić information content (AvgIpc) is 3.06. The first-order chi connectivity index (χ1) is 10.7. The van der Waals surface area contributed by atoms with Gasteiger partial charge in [0.25, 0.3) is 0 Å². The van der Waals surface area contributed by atoms with E-state index in [0.717, 1.165) is 19.4 Å². The molecule has 22 heavy (non-hydrogen) atoms. The maximum absolute atomic E-state index is 12.0. The molecule has 1 saturated heterocycles. The lowest BCUT2D eigenvalue weighted by atomic mass is 9.99. The molecular weight excluding hydrogens is 284 g/mol. The van der Waals surface area contributed by atoms with Gasteiger partial charge in [0.05, 0.1) is 6.26 Å². The minimum atomic E-state index is -0.254. The number of nitrogens with one attached hydrogen (secondary N) is 1. The molecule has 1 aromatic heterocycles. The zero-order valence-electron chi connectivity index (χ0n) is 12.5. The molecule has 0 radical (unpaired) electrons. The van der Waals surface area contributed by atoms with Crippen LogP contribution < -0.4 is 5.32 Å². The summed E-state index contributed by atoms with van der Waals surface area (Å²) in [5.74, 6) is 0.558. The molecule has 1 aromatic rings. The third kappa shape index (κ3) is 5.04. The van der Waals surface area contributed by atoms with E-state index in [0.29, 0.717) is 18.8 Å². The molecule has 1 aliphatic heterocycles. The van der Waals surface area contributed by atoms with E-state index < -0.39 is 0 Å². The van der Waals surface area contributed by atoms with Gasteiger partial charge in [0, 0.05) is 38.7 Å². The molecule has 2 rings (SSSR count).